The van der Waals surface area contributed by atoms with Gasteiger partial charge in [-0.05, 0) is 30.7 Å². The van der Waals surface area contributed by atoms with Gasteiger partial charge in [-0.25, -0.2) is 0 Å². The number of hydrogen-bond acceptors (Lipinski definition) is 5. The Labute approximate surface area is 116 Å². The van der Waals surface area contributed by atoms with Crippen LogP contribution in [0.25, 0.3) is 0 Å². The third kappa shape index (κ3) is 2.43. The molecule has 106 valence electrons. The second kappa shape index (κ2) is 5.28. The van der Waals surface area contributed by atoms with E-state index in [9.17, 15) is 5.11 Å². The van der Waals surface area contributed by atoms with Gasteiger partial charge in [-0.2, -0.15) is 0 Å². The van der Waals surface area contributed by atoms with E-state index < -0.39 is 12.4 Å². The predicted molar refractivity (Wildman–Crippen MR) is 73.0 cm³/mol. The molecule has 0 saturated carbocycles. The summed E-state index contributed by atoms with van der Waals surface area (Å²) >= 11 is 0. The van der Waals surface area contributed by atoms with Gasteiger partial charge in [0.25, 0.3) is 0 Å². The number of aliphatic hydroxyl groups excluding tert-OH is 1. The molecule has 1 fully saturated rings. The van der Waals surface area contributed by atoms with Crippen LogP contribution in [0.1, 0.15) is 35.0 Å². The van der Waals surface area contributed by atoms with Gasteiger partial charge in [0.1, 0.15) is 11.9 Å². The number of nitrogen functional groups attached to an aromatic ring is 1. The van der Waals surface area contributed by atoms with Crippen LogP contribution in [0.2, 0.25) is 0 Å². The van der Waals surface area contributed by atoms with E-state index in [4.69, 9.17) is 19.6 Å². The van der Waals surface area contributed by atoms with Crippen LogP contribution in [-0.4, -0.2) is 18.3 Å². The average Bonchev–Trinajstić information content (AvgIpc) is 3.07. The Morgan fingerprint density at radius 3 is 2.70 bits per heavy atom. The second-order valence-corrected chi connectivity index (χ2v) is 4.81. The van der Waals surface area contributed by atoms with Crippen LogP contribution < -0.4 is 5.73 Å². The van der Waals surface area contributed by atoms with Crippen molar-refractivity contribution >= 4 is 5.69 Å². The lowest BCUT2D eigenvalue weighted by atomic mass is 10.0. The molecule has 0 spiro atoms. The van der Waals surface area contributed by atoms with Gasteiger partial charge in [0.15, 0.2) is 5.76 Å². The van der Waals surface area contributed by atoms with E-state index in [1.165, 1.54) is 0 Å². The Morgan fingerprint density at radius 2 is 2.00 bits per heavy atom. The molecule has 0 aliphatic carbocycles. The highest BCUT2D eigenvalue weighted by Gasteiger charge is 2.25. The third-order valence-electron chi connectivity index (χ3n) is 3.35. The Bertz CT molecular complexity index is 602. The minimum atomic E-state index is -0.780. The number of furan rings is 1. The summed E-state index contributed by atoms with van der Waals surface area (Å²) in [5.74, 6) is 1.23. The molecule has 0 radical (unpaired) electrons. The lowest BCUT2D eigenvalue weighted by Crippen LogP contribution is -2.01. The van der Waals surface area contributed by atoms with E-state index >= 15 is 0 Å². The Kier molecular flexibility index (Phi) is 3.48. The molecule has 3 rings (SSSR count). The van der Waals surface area contributed by atoms with Gasteiger partial charge >= 0.3 is 0 Å². The summed E-state index contributed by atoms with van der Waals surface area (Å²) in [4.78, 5) is 0. The number of anilines is 1. The molecule has 0 amide bonds. The van der Waals surface area contributed by atoms with E-state index in [1.54, 1.807) is 18.2 Å². The molecule has 1 unspecified atom stereocenters. The predicted octanol–water partition coefficient (Wildman–Crippen LogP) is 2.30. The highest BCUT2D eigenvalue weighted by Crippen LogP contribution is 2.33. The van der Waals surface area contributed by atoms with Crippen molar-refractivity contribution in [2.75, 3.05) is 18.9 Å². The fourth-order valence-corrected chi connectivity index (χ4v) is 2.34. The molecule has 1 aromatic carbocycles. The summed E-state index contributed by atoms with van der Waals surface area (Å²) in [6.07, 6.45) is -1.26. The molecule has 1 saturated heterocycles. The lowest BCUT2D eigenvalue weighted by molar-refractivity contribution is -0.0592. The van der Waals surface area contributed by atoms with E-state index in [2.05, 4.69) is 0 Å². The zero-order valence-corrected chi connectivity index (χ0v) is 11.2. The molecule has 2 aromatic rings. The van der Waals surface area contributed by atoms with Crippen molar-refractivity contribution in [3.8, 4) is 0 Å². The minimum absolute atomic E-state index is 0.476. The van der Waals surface area contributed by atoms with Gasteiger partial charge in [0.2, 0.25) is 6.29 Å². The normalized spacial score (nSPS) is 17.5. The Morgan fingerprint density at radius 1 is 1.25 bits per heavy atom. The number of aliphatic hydroxyl groups is 1. The number of hydrogen-bond donors (Lipinski definition) is 2. The van der Waals surface area contributed by atoms with Crippen molar-refractivity contribution in [2.45, 2.75) is 19.3 Å². The molecule has 2 heterocycles. The van der Waals surface area contributed by atoms with Crippen molar-refractivity contribution in [3.05, 3.63) is 53.0 Å². The van der Waals surface area contributed by atoms with Crippen molar-refractivity contribution in [2.24, 2.45) is 0 Å². The zero-order valence-electron chi connectivity index (χ0n) is 11.2. The zero-order chi connectivity index (χ0) is 14.1. The summed E-state index contributed by atoms with van der Waals surface area (Å²) in [5.41, 5.74) is 7.79. The number of rotatable bonds is 3. The largest absolute Gasteiger partial charge is 0.461 e. The smallest absolute Gasteiger partial charge is 0.217 e. The molecule has 1 aromatic heterocycles. The quantitative estimate of drug-likeness (QED) is 0.840. The summed E-state index contributed by atoms with van der Waals surface area (Å²) in [6, 6.07) is 8.95. The van der Waals surface area contributed by atoms with Crippen LogP contribution in [0.3, 0.4) is 0 Å². The van der Waals surface area contributed by atoms with E-state index in [0.717, 1.165) is 5.56 Å². The van der Waals surface area contributed by atoms with Gasteiger partial charge < -0.3 is 24.7 Å². The maximum absolute atomic E-state index is 10.5. The van der Waals surface area contributed by atoms with Crippen LogP contribution in [0.4, 0.5) is 5.69 Å². The topological polar surface area (TPSA) is 77.8 Å². The molecule has 0 bridgehead atoms. The fraction of sp³-hybridized carbons (Fsp3) is 0.333. The van der Waals surface area contributed by atoms with Gasteiger partial charge in [0, 0.05) is 11.3 Å². The molecule has 20 heavy (non-hydrogen) atoms. The number of benzene rings is 1. The third-order valence-corrected chi connectivity index (χ3v) is 3.35. The monoisotopic (exact) mass is 275 g/mol. The first-order valence-corrected chi connectivity index (χ1v) is 6.52. The lowest BCUT2D eigenvalue weighted by Gasteiger charge is -2.10. The summed E-state index contributed by atoms with van der Waals surface area (Å²) in [6.45, 7) is 2.92. The molecule has 1 aliphatic heterocycles. The van der Waals surface area contributed by atoms with Crippen LogP contribution in [0.15, 0.2) is 34.7 Å². The molecule has 3 N–H and O–H groups in total. The first-order chi connectivity index (χ1) is 9.65. The van der Waals surface area contributed by atoms with E-state index in [0.29, 0.717) is 36.0 Å². The van der Waals surface area contributed by atoms with Crippen molar-refractivity contribution in [1.29, 1.82) is 0 Å². The first kappa shape index (κ1) is 13.2. The van der Waals surface area contributed by atoms with Crippen LogP contribution in [0, 0.1) is 6.92 Å². The summed E-state index contributed by atoms with van der Waals surface area (Å²) in [5, 5.41) is 10.5. The summed E-state index contributed by atoms with van der Waals surface area (Å²) < 4.78 is 16.4. The molecular weight excluding hydrogens is 258 g/mol. The van der Waals surface area contributed by atoms with Gasteiger partial charge in [0.05, 0.1) is 13.2 Å². The molecule has 5 heteroatoms. The number of ether oxygens (including phenoxy) is 2. The second-order valence-electron chi connectivity index (χ2n) is 4.81. The minimum Gasteiger partial charge on any atom is -0.461 e. The van der Waals surface area contributed by atoms with Crippen LogP contribution in [-0.2, 0) is 9.47 Å². The standard InChI is InChI=1S/C15H17NO4/c1-9-12(8-13(20-9)15-18-5-6-19-15)14(17)10-3-2-4-11(16)7-10/h2-4,7-8,14-15,17H,5-6,16H2,1H3. The number of aryl methyl sites for hydroxylation is 1. The SMILES string of the molecule is Cc1oc(C2OCCO2)cc1C(O)c1cccc(N)c1. The van der Waals surface area contributed by atoms with Gasteiger partial charge in [-0.3, -0.25) is 0 Å². The highest BCUT2D eigenvalue weighted by molar-refractivity contribution is 5.44. The fourth-order valence-electron chi connectivity index (χ4n) is 2.34. The summed E-state index contributed by atoms with van der Waals surface area (Å²) in [7, 11) is 0. The molecule has 1 aliphatic rings. The molecular formula is C15H17NO4. The molecule has 5 nitrogen and oxygen atoms in total. The van der Waals surface area contributed by atoms with E-state index in [-0.39, 0.29) is 0 Å². The maximum atomic E-state index is 10.5. The maximum Gasteiger partial charge on any atom is 0.217 e. The average molecular weight is 275 g/mol. The molecule has 1 atom stereocenters. The van der Waals surface area contributed by atoms with Gasteiger partial charge in [-0.15, -0.1) is 0 Å². The first-order valence-electron chi connectivity index (χ1n) is 6.52. The Balaban J connectivity index is 1.89. The Hall–Kier alpha value is -1.82. The van der Waals surface area contributed by atoms with Crippen LogP contribution in [0.5, 0.6) is 0 Å². The van der Waals surface area contributed by atoms with Crippen molar-refractivity contribution in [3.63, 3.8) is 0 Å². The van der Waals surface area contributed by atoms with Crippen LogP contribution >= 0.6 is 0 Å². The highest BCUT2D eigenvalue weighted by atomic mass is 16.7. The van der Waals surface area contributed by atoms with Crippen molar-refractivity contribution < 1.29 is 19.0 Å². The van der Waals surface area contributed by atoms with Crippen molar-refractivity contribution in [1.82, 2.24) is 0 Å². The van der Waals surface area contributed by atoms with E-state index in [1.807, 2.05) is 19.1 Å². The van der Waals surface area contributed by atoms with Gasteiger partial charge in [-0.1, -0.05) is 12.1 Å². The number of nitrogens with two attached hydrogens (primary N) is 1.